The lowest BCUT2D eigenvalue weighted by atomic mass is 9.98. The van der Waals surface area contributed by atoms with E-state index in [4.69, 9.17) is 14.9 Å². The van der Waals surface area contributed by atoms with Gasteiger partial charge in [-0.15, -0.1) is 0 Å². The van der Waals surface area contributed by atoms with Crippen molar-refractivity contribution in [1.29, 1.82) is 0 Å². The topological polar surface area (TPSA) is 132 Å². The molecule has 0 spiro atoms. The monoisotopic (exact) mass is 633 g/mol. The van der Waals surface area contributed by atoms with Crippen LogP contribution in [0.1, 0.15) is 66.6 Å². The Morgan fingerprint density at radius 3 is 2.28 bits per heavy atom. The molecule has 0 saturated heterocycles. The molecule has 10 heteroatoms. The van der Waals surface area contributed by atoms with Crippen molar-refractivity contribution in [2.24, 2.45) is 11.7 Å². The normalized spacial score (nSPS) is 12.6. The van der Waals surface area contributed by atoms with Gasteiger partial charge in [-0.2, -0.15) is 0 Å². The minimum atomic E-state index is -0.683. The van der Waals surface area contributed by atoms with Gasteiger partial charge in [0.2, 0.25) is 0 Å². The number of nitrogens with zero attached hydrogens (tertiary/aromatic N) is 1. The Morgan fingerprint density at radius 2 is 1.62 bits per heavy atom. The molecule has 0 aliphatic carbocycles. The molecule has 0 unspecified atom stereocenters. The molecule has 1 aliphatic rings. The second-order valence-corrected chi connectivity index (χ2v) is 11.7. The molecule has 4 amide bonds. The second kappa shape index (κ2) is 12.9. The third kappa shape index (κ3) is 6.35. The summed E-state index contributed by atoms with van der Waals surface area (Å²) in [7, 11) is 0. The molecule has 4 aromatic carbocycles. The smallest absolute Gasteiger partial charge is 0.261 e. The number of benzene rings is 4. The average molecular weight is 634 g/mol. The van der Waals surface area contributed by atoms with Gasteiger partial charge in [-0.25, -0.2) is 4.39 Å². The Hall–Kier alpha value is -5.77. The number of imide groups is 1. The Labute approximate surface area is 270 Å². The van der Waals surface area contributed by atoms with E-state index in [2.05, 4.69) is 5.32 Å². The van der Waals surface area contributed by atoms with Crippen molar-refractivity contribution in [2.45, 2.75) is 20.3 Å². The van der Waals surface area contributed by atoms with Crippen LogP contribution in [0.4, 0.5) is 4.39 Å². The van der Waals surface area contributed by atoms with Crippen LogP contribution in [-0.2, 0) is 6.42 Å². The Kier molecular flexibility index (Phi) is 8.58. The van der Waals surface area contributed by atoms with E-state index in [9.17, 15) is 23.6 Å². The number of nitrogens with one attached hydrogen (secondary N) is 1. The van der Waals surface area contributed by atoms with Crippen LogP contribution in [0.2, 0.25) is 0 Å². The maximum absolute atomic E-state index is 13.5. The number of halogens is 1. The summed E-state index contributed by atoms with van der Waals surface area (Å²) in [5, 5.41) is 3.39. The van der Waals surface area contributed by atoms with Crippen LogP contribution in [0, 0.1) is 11.7 Å². The van der Waals surface area contributed by atoms with Crippen LogP contribution >= 0.6 is 0 Å². The van der Waals surface area contributed by atoms with E-state index >= 15 is 0 Å². The standard InChI is InChI=1S/C37H32FN3O6/c1-21(2)20-40-35(43)24-10-13-30(46-16-15-41-36(44)26-5-3-4-6-27(26)37(41)45)28(19-24)23-9-14-31-29(18-23)33(34(39)42)32(47-31)17-22-7-11-25(38)12-8-22/h3-14,18-19,21H,15-17,20H2,1-2H3,(H2,39,42)(H,40,43). The summed E-state index contributed by atoms with van der Waals surface area (Å²) in [5.41, 5.74) is 9.46. The first-order valence-corrected chi connectivity index (χ1v) is 15.2. The van der Waals surface area contributed by atoms with Gasteiger partial charge in [0, 0.05) is 29.5 Å². The molecule has 9 nitrogen and oxygen atoms in total. The molecular weight excluding hydrogens is 601 g/mol. The average Bonchev–Trinajstić information content (AvgIpc) is 3.54. The lowest BCUT2D eigenvalue weighted by molar-refractivity contribution is 0.0630. The van der Waals surface area contributed by atoms with E-state index < -0.39 is 5.91 Å². The molecule has 6 rings (SSSR count). The number of nitrogens with two attached hydrogens (primary N) is 1. The van der Waals surface area contributed by atoms with E-state index in [1.54, 1.807) is 72.8 Å². The highest BCUT2D eigenvalue weighted by atomic mass is 19.1. The van der Waals surface area contributed by atoms with E-state index in [1.165, 1.54) is 12.1 Å². The van der Waals surface area contributed by atoms with E-state index in [-0.39, 0.29) is 54.6 Å². The van der Waals surface area contributed by atoms with Crippen LogP contribution in [0.15, 0.2) is 89.3 Å². The SMILES string of the molecule is CC(C)CNC(=O)c1ccc(OCCN2C(=O)c3ccccc3C2=O)c(-c2ccc3oc(Cc4ccc(F)cc4)c(C(N)=O)c3c2)c1. The zero-order chi connectivity index (χ0) is 33.2. The highest BCUT2D eigenvalue weighted by Gasteiger charge is 2.34. The van der Waals surface area contributed by atoms with Crippen molar-refractivity contribution in [2.75, 3.05) is 19.7 Å². The van der Waals surface area contributed by atoms with Crippen molar-refractivity contribution in [1.82, 2.24) is 10.2 Å². The second-order valence-electron chi connectivity index (χ2n) is 11.7. The predicted molar refractivity (Wildman–Crippen MR) is 174 cm³/mol. The summed E-state index contributed by atoms with van der Waals surface area (Å²) in [4.78, 5) is 52.6. The number of hydrogen-bond donors (Lipinski definition) is 2. The molecule has 0 bridgehead atoms. The van der Waals surface area contributed by atoms with Gasteiger partial charge in [-0.3, -0.25) is 24.1 Å². The zero-order valence-electron chi connectivity index (χ0n) is 25.8. The molecular formula is C37H32FN3O6. The highest BCUT2D eigenvalue weighted by Crippen LogP contribution is 2.36. The number of carbonyl (C=O) groups excluding carboxylic acids is 4. The number of fused-ring (bicyclic) bond motifs is 2. The molecule has 0 fully saturated rings. The third-order valence-corrected chi connectivity index (χ3v) is 7.96. The molecule has 1 aromatic heterocycles. The van der Waals surface area contributed by atoms with Crippen LogP contribution in [0.25, 0.3) is 22.1 Å². The van der Waals surface area contributed by atoms with Gasteiger partial charge in [-0.05, 0) is 71.6 Å². The summed E-state index contributed by atoms with van der Waals surface area (Å²) in [6.45, 7) is 4.50. The molecule has 3 N–H and O–H groups in total. The molecule has 0 atom stereocenters. The lowest BCUT2D eigenvalue weighted by Gasteiger charge is -2.17. The molecule has 0 saturated carbocycles. The lowest BCUT2D eigenvalue weighted by Crippen LogP contribution is -2.33. The molecule has 1 aliphatic heterocycles. The van der Waals surface area contributed by atoms with Crippen LogP contribution < -0.4 is 15.8 Å². The minimum Gasteiger partial charge on any atom is -0.491 e. The Bertz CT molecular complexity index is 2000. The largest absolute Gasteiger partial charge is 0.491 e. The number of carbonyl (C=O) groups is 4. The van der Waals surface area contributed by atoms with Gasteiger partial charge < -0.3 is 20.2 Å². The van der Waals surface area contributed by atoms with Gasteiger partial charge in [0.1, 0.15) is 29.5 Å². The zero-order valence-corrected chi connectivity index (χ0v) is 25.8. The number of rotatable bonds is 11. The van der Waals surface area contributed by atoms with Crippen molar-refractivity contribution in [3.63, 3.8) is 0 Å². The Morgan fingerprint density at radius 1 is 0.915 bits per heavy atom. The maximum atomic E-state index is 13.5. The summed E-state index contributed by atoms with van der Waals surface area (Å²) >= 11 is 0. The maximum Gasteiger partial charge on any atom is 0.261 e. The van der Waals surface area contributed by atoms with Gasteiger partial charge in [0.25, 0.3) is 23.6 Å². The summed E-state index contributed by atoms with van der Waals surface area (Å²) < 4.78 is 25.7. The van der Waals surface area contributed by atoms with Crippen molar-refractivity contribution in [3.05, 3.63) is 124 Å². The fraction of sp³-hybridized carbons (Fsp3) is 0.189. The highest BCUT2D eigenvalue weighted by molar-refractivity contribution is 6.21. The number of primary amides is 1. The molecule has 5 aromatic rings. The van der Waals surface area contributed by atoms with Crippen LogP contribution in [0.5, 0.6) is 5.75 Å². The van der Waals surface area contributed by atoms with Gasteiger partial charge in [-0.1, -0.05) is 44.2 Å². The van der Waals surface area contributed by atoms with Crippen LogP contribution in [-0.4, -0.2) is 48.2 Å². The first kappa shape index (κ1) is 31.2. The third-order valence-electron chi connectivity index (χ3n) is 7.96. The van der Waals surface area contributed by atoms with Crippen molar-refractivity contribution >= 4 is 34.6 Å². The molecule has 2 heterocycles. The van der Waals surface area contributed by atoms with E-state index in [0.717, 1.165) is 10.5 Å². The number of amides is 4. The van der Waals surface area contributed by atoms with E-state index in [0.29, 0.717) is 56.8 Å². The Balaban J connectivity index is 1.33. The number of ether oxygens (including phenoxy) is 1. The summed E-state index contributed by atoms with van der Waals surface area (Å²) in [6.07, 6.45) is 0.222. The first-order valence-electron chi connectivity index (χ1n) is 15.2. The fourth-order valence-electron chi connectivity index (χ4n) is 5.61. The first-order chi connectivity index (χ1) is 22.6. The van der Waals surface area contributed by atoms with Gasteiger partial charge in [0.05, 0.1) is 23.2 Å². The van der Waals surface area contributed by atoms with Crippen LogP contribution in [0.3, 0.4) is 0 Å². The van der Waals surface area contributed by atoms with Gasteiger partial charge in [0.15, 0.2) is 0 Å². The predicted octanol–water partition coefficient (Wildman–Crippen LogP) is 5.99. The molecule has 238 valence electrons. The molecule has 0 radical (unpaired) electrons. The summed E-state index contributed by atoms with van der Waals surface area (Å²) in [5.74, 6) is -1.09. The molecule has 47 heavy (non-hydrogen) atoms. The number of furan rings is 1. The minimum absolute atomic E-state index is 0.000328. The van der Waals surface area contributed by atoms with E-state index in [1.807, 2.05) is 13.8 Å². The van der Waals surface area contributed by atoms with Crippen molar-refractivity contribution < 1.29 is 32.7 Å². The summed E-state index contributed by atoms with van der Waals surface area (Å²) in [6, 6.07) is 22.8. The van der Waals surface area contributed by atoms with Crippen molar-refractivity contribution in [3.8, 4) is 16.9 Å². The fourth-order valence-corrected chi connectivity index (χ4v) is 5.61. The number of hydrogen-bond acceptors (Lipinski definition) is 6. The van der Waals surface area contributed by atoms with Gasteiger partial charge >= 0.3 is 0 Å². The quantitative estimate of drug-likeness (QED) is 0.172.